The van der Waals surface area contributed by atoms with E-state index < -0.39 is 12.0 Å². The second-order valence-corrected chi connectivity index (χ2v) is 8.62. The average Bonchev–Trinajstić information content (AvgIpc) is 3.20. The number of carbonyl (C=O) groups is 2. The Morgan fingerprint density at radius 1 is 1.23 bits per heavy atom. The lowest BCUT2D eigenvalue weighted by Crippen LogP contribution is -2.52. The minimum Gasteiger partial charge on any atom is -0.395 e. The van der Waals surface area contributed by atoms with E-state index in [1.54, 1.807) is 14.2 Å². The maximum atomic E-state index is 13.3. The monoisotopic (exact) mass is 429 g/mol. The molecule has 2 amide bonds. The molecule has 1 fully saturated rings. The van der Waals surface area contributed by atoms with Gasteiger partial charge in [-0.25, -0.2) is 0 Å². The number of nitrogens with one attached hydrogen (secondary N) is 1. The van der Waals surface area contributed by atoms with E-state index in [1.165, 1.54) is 0 Å². The number of hydrogen-bond donors (Lipinski definition) is 2. The van der Waals surface area contributed by atoms with Gasteiger partial charge in [0.25, 0.3) is 0 Å². The Bertz CT molecular complexity index is 531. The molecule has 0 aromatic carbocycles. The number of amides is 2. The number of carbonyl (C=O) groups excluding carboxylic acids is 2. The highest BCUT2D eigenvalue weighted by Gasteiger charge is 2.41. The molecule has 0 radical (unpaired) electrons. The Morgan fingerprint density at radius 2 is 1.90 bits per heavy atom. The molecule has 0 aromatic heterocycles. The summed E-state index contributed by atoms with van der Waals surface area (Å²) >= 11 is 0. The van der Waals surface area contributed by atoms with E-state index in [1.807, 2.05) is 25.9 Å². The molecule has 0 aromatic rings. The van der Waals surface area contributed by atoms with Crippen molar-refractivity contribution in [1.29, 1.82) is 0 Å². The number of likely N-dealkylation sites (N-methyl/N-ethyl adjacent to an activating group) is 1. The van der Waals surface area contributed by atoms with Gasteiger partial charge in [-0.2, -0.15) is 0 Å². The summed E-state index contributed by atoms with van der Waals surface area (Å²) in [5.41, 5.74) is 0. The smallest absolute Gasteiger partial charge is 0.225 e. The molecule has 6 atom stereocenters. The predicted octanol–water partition coefficient (Wildman–Crippen LogP) is 1.12. The Hall–Kier alpha value is -1.22. The molecule has 0 bridgehead atoms. The van der Waals surface area contributed by atoms with Crippen LogP contribution >= 0.6 is 0 Å². The Morgan fingerprint density at radius 3 is 2.40 bits per heavy atom. The zero-order valence-corrected chi connectivity index (χ0v) is 19.9. The molecule has 1 heterocycles. The highest BCUT2D eigenvalue weighted by molar-refractivity contribution is 5.80. The number of rotatable bonds is 13. The van der Waals surface area contributed by atoms with E-state index in [0.717, 1.165) is 19.3 Å². The third kappa shape index (κ3) is 6.90. The minimum atomic E-state index is -0.423. The molecule has 1 aliphatic rings. The zero-order valence-electron chi connectivity index (χ0n) is 19.9. The fourth-order valence-electron chi connectivity index (χ4n) is 4.71. The van der Waals surface area contributed by atoms with Crippen molar-refractivity contribution in [3.63, 3.8) is 0 Å². The molecule has 1 aliphatic heterocycles. The molecule has 8 heteroatoms. The van der Waals surface area contributed by atoms with Crippen LogP contribution < -0.4 is 5.32 Å². The largest absolute Gasteiger partial charge is 0.395 e. The lowest BCUT2D eigenvalue weighted by atomic mass is 9.91. The standard InChI is InChI=1S/C22H43N3O5/c1-8-15(2)20(24(4)5)18(29-6)14-19(27)25-12-9-10-17(25)21(30-7)16(3)22(28)23-11-13-26/h15-18,20-21,26H,8-14H2,1-7H3,(H,23,28). The van der Waals surface area contributed by atoms with Crippen LogP contribution in [0.25, 0.3) is 0 Å². The van der Waals surface area contributed by atoms with Gasteiger partial charge in [0.1, 0.15) is 0 Å². The van der Waals surface area contributed by atoms with Gasteiger partial charge < -0.3 is 29.7 Å². The molecule has 0 aliphatic carbocycles. The zero-order chi connectivity index (χ0) is 22.8. The number of hydrogen-bond acceptors (Lipinski definition) is 6. The van der Waals surface area contributed by atoms with Gasteiger partial charge in [0.05, 0.1) is 37.2 Å². The normalized spacial score (nSPS) is 21.9. The summed E-state index contributed by atoms with van der Waals surface area (Å²) < 4.78 is 11.5. The summed E-state index contributed by atoms with van der Waals surface area (Å²) in [5.74, 6) is -0.152. The maximum Gasteiger partial charge on any atom is 0.225 e. The summed E-state index contributed by atoms with van der Waals surface area (Å²) in [7, 11) is 7.31. The number of ether oxygens (including phenoxy) is 2. The first-order valence-corrected chi connectivity index (χ1v) is 11.1. The lowest BCUT2D eigenvalue weighted by molar-refractivity contribution is -0.142. The van der Waals surface area contributed by atoms with E-state index in [9.17, 15) is 9.59 Å². The molecule has 1 rings (SSSR count). The third-order valence-electron chi connectivity index (χ3n) is 6.47. The first-order chi connectivity index (χ1) is 14.2. The summed E-state index contributed by atoms with van der Waals surface area (Å²) in [4.78, 5) is 29.7. The van der Waals surface area contributed by atoms with Crippen molar-refractivity contribution in [2.75, 3.05) is 48.0 Å². The molecule has 2 N–H and O–H groups in total. The fraction of sp³-hybridized carbons (Fsp3) is 0.909. The van der Waals surface area contributed by atoms with Gasteiger partial charge in [-0.15, -0.1) is 0 Å². The van der Waals surface area contributed by atoms with Gasteiger partial charge in [-0.3, -0.25) is 9.59 Å². The Balaban J connectivity index is 2.92. The van der Waals surface area contributed by atoms with Crippen LogP contribution in [0.5, 0.6) is 0 Å². The van der Waals surface area contributed by atoms with Crippen molar-refractivity contribution >= 4 is 11.8 Å². The highest BCUT2D eigenvalue weighted by atomic mass is 16.5. The summed E-state index contributed by atoms with van der Waals surface area (Å²) in [6.07, 6.45) is 2.42. The lowest BCUT2D eigenvalue weighted by Gasteiger charge is -2.38. The van der Waals surface area contributed by atoms with Crippen molar-refractivity contribution in [3.05, 3.63) is 0 Å². The van der Waals surface area contributed by atoms with Crippen LogP contribution in [0, 0.1) is 11.8 Å². The SMILES string of the molecule is CCC(C)C(C(CC(=O)N1CCCC1C(OC)C(C)C(=O)NCCO)OC)N(C)C. The van der Waals surface area contributed by atoms with E-state index in [4.69, 9.17) is 14.6 Å². The van der Waals surface area contributed by atoms with Crippen LogP contribution in [0.15, 0.2) is 0 Å². The van der Waals surface area contributed by atoms with Crippen LogP contribution in [0.3, 0.4) is 0 Å². The molecule has 30 heavy (non-hydrogen) atoms. The Kier molecular flexibility index (Phi) is 11.8. The van der Waals surface area contributed by atoms with Gasteiger partial charge in [-0.1, -0.05) is 27.2 Å². The average molecular weight is 430 g/mol. The first kappa shape index (κ1) is 26.8. The number of likely N-dealkylation sites (tertiary alicyclic amines) is 1. The quantitative estimate of drug-likeness (QED) is 0.456. The van der Waals surface area contributed by atoms with Gasteiger partial charge in [-0.05, 0) is 32.9 Å². The number of nitrogens with zero attached hydrogens (tertiary/aromatic N) is 2. The molecule has 1 saturated heterocycles. The van der Waals surface area contributed by atoms with Gasteiger partial charge in [0.2, 0.25) is 11.8 Å². The number of aliphatic hydroxyl groups excluding tert-OH is 1. The van der Waals surface area contributed by atoms with Crippen LogP contribution in [0.4, 0.5) is 0 Å². The predicted molar refractivity (Wildman–Crippen MR) is 117 cm³/mol. The Labute approximate surface area is 182 Å². The van der Waals surface area contributed by atoms with Crippen molar-refractivity contribution in [2.45, 2.75) is 70.7 Å². The fourth-order valence-corrected chi connectivity index (χ4v) is 4.71. The molecular weight excluding hydrogens is 386 g/mol. The maximum absolute atomic E-state index is 13.3. The van der Waals surface area contributed by atoms with Crippen molar-refractivity contribution in [1.82, 2.24) is 15.1 Å². The minimum absolute atomic E-state index is 0.0459. The van der Waals surface area contributed by atoms with E-state index in [2.05, 4.69) is 24.1 Å². The van der Waals surface area contributed by atoms with Crippen LogP contribution in [-0.4, -0.2) is 99.0 Å². The molecule has 6 unspecified atom stereocenters. The van der Waals surface area contributed by atoms with Crippen LogP contribution in [0.1, 0.15) is 46.5 Å². The molecule has 0 spiro atoms. The number of methoxy groups -OCH3 is 2. The van der Waals surface area contributed by atoms with Gasteiger partial charge in [0.15, 0.2) is 0 Å². The molecule has 0 saturated carbocycles. The first-order valence-electron chi connectivity index (χ1n) is 11.1. The summed E-state index contributed by atoms with van der Waals surface area (Å²) in [6.45, 7) is 6.92. The second kappa shape index (κ2) is 13.2. The van der Waals surface area contributed by atoms with E-state index in [0.29, 0.717) is 18.9 Å². The van der Waals surface area contributed by atoms with E-state index in [-0.39, 0.29) is 43.2 Å². The topological polar surface area (TPSA) is 91.3 Å². The van der Waals surface area contributed by atoms with Crippen LogP contribution in [0.2, 0.25) is 0 Å². The van der Waals surface area contributed by atoms with Crippen molar-refractivity contribution < 1.29 is 24.2 Å². The number of aliphatic hydroxyl groups is 1. The molecule has 176 valence electrons. The summed E-state index contributed by atoms with van der Waals surface area (Å²) in [6, 6.07) is 0.00250. The van der Waals surface area contributed by atoms with Crippen molar-refractivity contribution in [3.8, 4) is 0 Å². The van der Waals surface area contributed by atoms with Gasteiger partial charge in [0, 0.05) is 33.4 Å². The molecular formula is C22H43N3O5. The van der Waals surface area contributed by atoms with Crippen molar-refractivity contribution in [2.24, 2.45) is 11.8 Å². The second-order valence-electron chi connectivity index (χ2n) is 8.62. The van der Waals surface area contributed by atoms with Gasteiger partial charge >= 0.3 is 0 Å². The van der Waals surface area contributed by atoms with Crippen LogP contribution in [-0.2, 0) is 19.1 Å². The summed E-state index contributed by atoms with van der Waals surface area (Å²) in [5, 5.41) is 11.7. The third-order valence-corrected chi connectivity index (χ3v) is 6.47. The van der Waals surface area contributed by atoms with E-state index >= 15 is 0 Å². The molecule has 8 nitrogen and oxygen atoms in total. The highest BCUT2D eigenvalue weighted by Crippen LogP contribution is 2.28.